The van der Waals surface area contributed by atoms with E-state index in [4.69, 9.17) is 0 Å². The molecule has 18 heavy (non-hydrogen) atoms. The predicted molar refractivity (Wildman–Crippen MR) is 68.3 cm³/mol. The quantitative estimate of drug-likeness (QED) is 0.887. The Morgan fingerprint density at radius 2 is 2.06 bits per heavy atom. The van der Waals surface area contributed by atoms with Crippen LogP contribution >= 0.6 is 0 Å². The third kappa shape index (κ3) is 3.27. The summed E-state index contributed by atoms with van der Waals surface area (Å²) in [5, 5.41) is 3.17. The van der Waals surface area contributed by atoms with Crippen LogP contribution in [-0.4, -0.2) is 31.6 Å². The molecule has 1 aliphatic rings. The lowest BCUT2D eigenvalue weighted by atomic mass is 9.97. The van der Waals surface area contributed by atoms with Gasteiger partial charge in [0.05, 0.1) is 0 Å². The average Bonchev–Trinajstić information content (AvgIpc) is 2.35. The van der Waals surface area contributed by atoms with Crippen LogP contribution in [0.3, 0.4) is 0 Å². The number of piperidine rings is 1. The molecule has 1 aliphatic heterocycles. The highest BCUT2D eigenvalue weighted by Crippen LogP contribution is 2.20. The van der Waals surface area contributed by atoms with Gasteiger partial charge in [0.1, 0.15) is 11.6 Å². The topological polar surface area (TPSA) is 15.3 Å². The largest absolute Gasteiger partial charge is 0.319 e. The van der Waals surface area contributed by atoms with Gasteiger partial charge >= 0.3 is 0 Å². The number of halogens is 2. The molecule has 0 amide bonds. The summed E-state index contributed by atoms with van der Waals surface area (Å²) < 4.78 is 27.1. The molecule has 0 radical (unpaired) electrons. The molecule has 1 fully saturated rings. The van der Waals surface area contributed by atoms with Crippen LogP contribution in [0.15, 0.2) is 18.2 Å². The van der Waals surface area contributed by atoms with Crippen LogP contribution in [0.2, 0.25) is 0 Å². The lowest BCUT2D eigenvalue weighted by Gasteiger charge is -2.32. The molecular formula is C14H20F2N2. The van der Waals surface area contributed by atoms with Crippen LogP contribution < -0.4 is 5.32 Å². The second-order valence-electron chi connectivity index (χ2n) is 5.00. The lowest BCUT2D eigenvalue weighted by Crippen LogP contribution is -2.38. The van der Waals surface area contributed by atoms with Gasteiger partial charge in [0, 0.05) is 18.7 Å². The fraction of sp³-hybridized carbons (Fsp3) is 0.571. The molecule has 0 aromatic heterocycles. The molecule has 1 aromatic rings. The van der Waals surface area contributed by atoms with E-state index in [2.05, 4.69) is 10.2 Å². The van der Waals surface area contributed by atoms with Gasteiger partial charge in [-0.25, -0.2) is 8.78 Å². The fourth-order valence-electron chi connectivity index (χ4n) is 2.66. The zero-order valence-electron chi connectivity index (χ0n) is 10.8. The second-order valence-corrected chi connectivity index (χ2v) is 5.00. The van der Waals surface area contributed by atoms with Crippen LogP contribution in [0.25, 0.3) is 0 Å². The first kappa shape index (κ1) is 13.4. The molecule has 0 aliphatic carbocycles. The summed E-state index contributed by atoms with van der Waals surface area (Å²) in [7, 11) is 1.94. The first-order valence-electron chi connectivity index (χ1n) is 6.50. The maximum Gasteiger partial charge on any atom is 0.130 e. The fourth-order valence-corrected chi connectivity index (χ4v) is 2.66. The van der Waals surface area contributed by atoms with Gasteiger partial charge in [0.25, 0.3) is 0 Å². The van der Waals surface area contributed by atoms with Crippen molar-refractivity contribution in [3.05, 3.63) is 35.4 Å². The highest BCUT2D eigenvalue weighted by atomic mass is 19.1. The number of nitrogens with zero attached hydrogens (tertiary/aromatic N) is 1. The minimum Gasteiger partial charge on any atom is -0.319 e. The van der Waals surface area contributed by atoms with Gasteiger partial charge in [-0.05, 0) is 51.0 Å². The van der Waals surface area contributed by atoms with E-state index in [1.165, 1.54) is 24.6 Å². The van der Waals surface area contributed by atoms with Crippen molar-refractivity contribution in [2.45, 2.75) is 19.4 Å². The molecular weight excluding hydrogens is 234 g/mol. The minimum absolute atomic E-state index is 0.197. The highest BCUT2D eigenvalue weighted by molar-refractivity contribution is 5.19. The molecule has 1 aromatic carbocycles. The Labute approximate surface area is 107 Å². The van der Waals surface area contributed by atoms with Gasteiger partial charge in [-0.15, -0.1) is 0 Å². The van der Waals surface area contributed by atoms with Crippen LogP contribution in [0.1, 0.15) is 18.4 Å². The Kier molecular flexibility index (Phi) is 4.66. The SMILES string of the molecule is CNCC1CCCN(Cc2c(F)cccc2F)C1. The summed E-state index contributed by atoms with van der Waals surface area (Å²) in [5.74, 6) is -0.296. The Morgan fingerprint density at radius 1 is 1.33 bits per heavy atom. The molecule has 100 valence electrons. The van der Waals surface area contributed by atoms with Crippen molar-refractivity contribution in [3.63, 3.8) is 0 Å². The Morgan fingerprint density at radius 3 is 2.72 bits per heavy atom. The maximum absolute atomic E-state index is 13.6. The molecule has 0 bridgehead atoms. The molecule has 1 N–H and O–H groups in total. The van der Waals surface area contributed by atoms with Gasteiger partial charge in [0.15, 0.2) is 0 Å². The van der Waals surface area contributed by atoms with Crippen molar-refractivity contribution in [2.75, 3.05) is 26.7 Å². The lowest BCUT2D eigenvalue weighted by molar-refractivity contribution is 0.163. The molecule has 1 saturated heterocycles. The van der Waals surface area contributed by atoms with Gasteiger partial charge in [-0.1, -0.05) is 6.07 Å². The van der Waals surface area contributed by atoms with Crippen molar-refractivity contribution >= 4 is 0 Å². The Hall–Kier alpha value is -1.00. The Balaban J connectivity index is 2.00. The third-order valence-electron chi connectivity index (χ3n) is 3.54. The van der Waals surface area contributed by atoms with Crippen molar-refractivity contribution in [3.8, 4) is 0 Å². The zero-order chi connectivity index (χ0) is 13.0. The number of nitrogens with one attached hydrogen (secondary N) is 1. The van der Waals surface area contributed by atoms with Gasteiger partial charge < -0.3 is 5.32 Å². The number of rotatable bonds is 4. The molecule has 1 heterocycles. The first-order valence-corrected chi connectivity index (χ1v) is 6.50. The molecule has 4 heteroatoms. The summed E-state index contributed by atoms with van der Waals surface area (Å²) in [5.41, 5.74) is 0.197. The maximum atomic E-state index is 13.6. The summed E-state index contributed by atoms with van der Waals surface area (Å²) in [6, 6.07) is 4.06. The van der Waals surface area contributed by atoms with E-state index in [1.54, 1.807) is 0 Å². The van der Waals surface area contributed by atoms with E-state index >= 15 is 0 Å². The predicted octanol–water partition coefficient (Wildman–Crippen LogP) is 2.40. The molecule has 2 nitrogen and oxygen atoms in total. The third-order valence-corrected chi connectivity index (χ3v) is 3.54. The monoisotopic (exact) mass is 254 g/mol. The van der Waals surface area contributed by atoms with E-state index in [-0.39, 0.29) is 5.56 Å². The minimum atomic E-state index is -0.439. The number of benzene rings is 1. The van der Waals surface area contributed by atoms with Crippen molar-refractivity contribution < 1.29 is 8.78 Å². The van der Waals surface area contributed by atoms with E-state index in [0.717, 1.165) is 26.1 Å². The van der Waals surface area contributed by atoms with E-state index in [0.29, 0.717) is 12.5 Å². The van der Waals surface area contributed by atoms with Crippen molar-refractivity contribution in [1.29, 1.82) is 0 Å². The van der Waals surface area contributed by atoms with Crippen molar-refractivity contribution in [2.24, 2.45) is 5.92 Å². The first-order chi connectivity index (χ1) is 8.70. The van der Waals surface area contributed by atoms with Crippen LogP contribution in [0, 0.1) is 17.6 Å². The molecule has 1 unspecified atom stereocenters. The van der Waals surface area contributed by atoms with Gasteiger partial charge in [-0.2, -0.15) is 0 Å². The molecule has 2 rings (SSSR count). The standard InChI is InChI=1S/C14H20F2N2/c1-17-8-11-4-3-7-18(9-11)10-12-13(15)5-2-6-14(12)16/h2,5-6,11,17H,3-4,7-10H2,1H3. The normalized spacial score (nSPS) is 21.2. The second kappa shape index (κ2) is 6.25. The van der Waals surface area contributed by atoms with Crippen molar-refractivity contribution in [1.82, 2.24) is 10.2 Å². The number of hydrogen-bond donors (Lipinski definition) is 1. The van der Waals surface area contributed by atoms with Gasteiger partial charge in [0.2, 0.25) is 0 Å². The Bertz CT molecular complexity index is 373. The zero-order valence-corrected chi connectivity index (χ0v) is 10.8. The number of likely N-dealkylation sites (tertiary alicyclic amines) is 1. The van der Waals surface area contributed by atoms with E-state index < -0.39 is 11.6 Å². The summed E-state index contributed by atoms with van der Waals surface area (Å²) in [6.45, 7) is 3.18. The molecule has 0 spiro atoms. The molecule has 1 atom stereocenters. The van der Waals surface area contributed by atoms with Crippen LogP contribution in [0.5, 0.6) is 0 Å². The van der Waals surface area contributed by atoms with Gasteiger partial charge in [-0.3, -0.25) is 4.90 Å². The highest BCUT2D eigenvalue weighted by Gasteiger charge is 2.21. The summed E-state index contributed by atoms with van der Waals surface area (Å²) >= 11 is 0. The molecule has 0 saturated carbocycles. The average molecular weight is 254 g/mol. The van der Waals surface area contributed by atoms with Crippen LogP contribution in [-0.2, 0) is 6.54 Å². The van der Waals surface area contributed by atoms with E-state index in [9.17, 15) is 8.78 Å². The number of hydrogen-bond acceptors (Lipinski definition) is 2. The van der Waals surface area contributed by atoms with Crippen LogP contribution in [0.4, 0.5) is 8.78 Å². The summed E-state index contributed by atoms with van der Waals surface area (Å²) in [4.78, 5) is 2.15. The van der Waals surface area contributed by atoms with E-state index in [1.807, 2.05) is 7.05 Å². The summed E-state index contributed by atoms with van der Waals surface area (Å²) in [6.07, 6.45) is 2.29. The smallest absolute Gasteiger partial charge is 0.130 e.